The molecule has 4 aliphatic heterocycles. The third kappa shape index (κ3) is 0.877. The predicted molar refractivity (Wildman–Crippen MR) is 47.2 cm³/mol. The van der Waals surface area contributed by atoms with E-state index in [0.29, 0.717) is 0 Å². The highest BCUT2D eigenvalue weighted by Gasteiger charge is 2.73. The molecular formula is C10H16O4. The van der Waals surface area contributed by atoms with Gasteiger partial charge in [0.1, 0.15) is 0 Å². The Morgan fingerprint density at radius 3 is 1.21 bits per heavy atom. The Kier molecular flexibility index (Phi) is 1.31. The molecule has 0 atom stereocenters. The van der Waals surface area contributed by atoms with Crippen molar-refractivity contribution in [2.24, 2.45) is 0 Å². The summed E-state index contributed by atoms with van der Waals surface area (Å²) in [7, 11) is 0. The van der Waals surface area contributed by atoms with Crippen molar-refractivity contribution < 1.29 is 18.9 Å². The minimum atomic E-state index is -0.771. The second-order valence-electron chi connectivity index (χ2n) is 5.07. The van der Waals surface area contributed by atoms with Gasteiger partial charge in [0, 0.05) is 12.8 Å². The fraction of sp³-hybridized carbons (Fsp3) is 1.00. The molecule has 80 valence electrons. The first-order valence-corrected chi connectivity index (χ1v) is 5.09. The Labute approximate surface area is 83.5 Å². The second-order valence-corrected chi connectivity index (χ2v) is 5.07. The van der Waals surface area contributed by atoms with Crippen LogP contribution in [0, 0.1) is 0 Å². The van der Waals surface area contributed by atoms with E-state index < -0.39 is 23.1 Å². The van der Waals surface area contributed by atoms with E-state index in [4.69, 9.17) is 18.9 Å². The molecule has 4 rings (SSSR count). The van der Waals surface area contributed by atoms with E-state index in [0.717, 1.165) is 12.8 Å². The maximum absolute atomic E-state index is 5.85. The molecule has 4 saturated heterocycles. The summed E-state index contributed by atoms with van der Waals surface area (Å²) in [6.07, 6.45) is 1.60. The van der Waals surface area contributed by atoms with Crippen LogP contribution in [0.15, 0.2) is 0 Å². The van der Waals surface area contributed by atoms with Gasteiger partial charge in [-0.3, -0.25) is 0 Å². The molecule has 0 unspecified atom stereocenters. The Balaban J connectivity index is 2.14. The van der Waals surface area contributed by atoms with Gasteiger partial charge in [0.2, 0.25) is 11.6 Å². The standard InChI is InChI=1S/C10H16O4/c1-7-5-6-8(2)13-9(3,11-7)10(4,12-7)14-8/h5-6H2,1-4H3. The maximum atomic E-state index is 5.85. The van der Waals surface area contributed by atoms with Gasteiger partial charge in [-0.15, -0.1) is 0 Å². The summed E-state index contributed by atoms with van der Waals surface area (Å²) in [5.41, 5.74) is 0. The van der Waals surface area contributed by atoms with E-state index in [1.165, 1.54) is 0 Å². The summed E-state index contributed by atoms with van der Waals surface area (Å²) in [4.78, 5) is 0. The molecule has 4 nitrogen and oxygen atoms in total. The molecule has 0 aromatic rings. The molecule has 4 heteroatoms. The lowest BCUT2D eigenvalue weighted by atomic mass is 10.1. The van der Waals surface area contributed by atoms with Crippen molar-refractivity contribution in [2.75, 3.05) is 0 Å². The summed E-state index contributed by atoms with van der Waals surface area (Å²) >= 11 is 0. The average molecular weight is 200 g/mol. The Morgan fingerprint density at radius 1 is 0.643 bits per heavy atom. The third-order valence-electron chi connectivity index (χ3n) is 3.50. The molecule has 0 aromatic heterocycles. The maximum Gasteiger partial charge on any atom is 0.225 e. The molecule has 4 bridgehead atoms. The molecule has 0 aromatic carbocycles. The van der Waals surface area contributed by atoms with Crippen LogP contribution in [0.3, 0.4) is 0 Å². The van der Waals surface area contributed by atoms with Crippen LogP contribution in [0.1, 0.15) is 40.5 Å². The normalized spacial score (nSPS) is 66.0. The van der Waals surface area contributed by atoms with Crippen LogP contribution >= 0.6 is 0 Å². The summed E-state index contributed by atoms with van der Waals surface area (Å²) < 4.78 is 23.4. The van der Waals surface area contributed by atoms with Crippen molar-refractivity contribution in [3.05, 3.63) is 0 Å². The lowest BCUT2D eigenvalue weighted by Crippen LogP contribution is -2.44. The van der Waals surface area contributed by atoms with Gasteiger partial charge in [-0.05, 0) is 27.7 Å². The molecule has 14 heavy (non-hydrogen) atoms. The highest BCUT2D eigenvalue weighted by molar-refractivity contribution is 5.02. The van der Waals surface area contributed by atoms with E-state index >= 15 is 0 Å². The summed E-state index contributed by atoms with van der Waals surface area (Å²) in [6.45, 7) is 7.66. The van der Waals surface area contributed by atoms with Gasteiger partial charge in [0.25, 0.3) is 0 Å². The van der Waals surface area contributed by atoms with Crippen LogP contribution in [0.5, 0.6) is 0 Å². The van der Waals surface area contributed by atoms with Crippen molar-refractivity contribution in [1.82, 2.24) is 0 Å². The molecule has 4 fully saturated rings. The van der Waals surface area contributed by atoms with Crippen molar-refractivity contribution in [1.29, 1.82) is 0 Å². The Bertz CT molecular complexity index is 256. The lowest BCUT2D eigenvalue weighted by Gasteiger charge is -2.25. The van der Waals surface area contributed by atoms with E-state index in [9.17, 15) is 0 Å². The number of hydrogen-bond donors (Lipinski definition) is 0. The Hall–Kier alpha value is -0.160. The SMILES string of the molecule is CC12CCC3(C)OC(C)(O1)C(C)(O2)O3. The van der Waals surface area contributed by atoms with Crippen LogP contribution in [0.4, 0.5) is 0 Å². The quantitative estimate of drug-likeness (QED) is 0.597. The van der Waals surface area contributed by atoms with Gasteiger partial charge in [-0.25, -0.2) is 0 Å². The van der Waals surface area contributed by atoms with Crippen LogP contribution < -0.4 is 0 Å². The topological polar surface area (TPSA) is 36.9 Å². The molecule has 0 amide bonds. The van der Waals surface area contributed by atoms with Gasteiger partial charge < -0.3 is 18.9 Å². The summed E-state index contributed by atoms with van der Waals surface area (Å²) in [5, 5.41) is 0. The minimum Gasteiger partial charge on any atom is -0.313 e. The first kappa shape index (κ1) is 9.09. The van der Waals surface area contributed by atoms with Gasteiger partial charge in [0.05, 0.1) is 0 Å². The highest BCUT2D eigenvalue weighted by Crippen LogP contribution is 2.59. The first-order valence-electron chi connectivity index (χ1n) is 5.09. The molecular weight excluding hydrogens is 184 g/mol. The second kappa shape index (κ2) is 2.02. The average Bonchev–Trinajstić information content (AvgIpc) is 2.12. The number of hydrogen-bond acceptors (Lipinski definition) is 4. The van der Waals surface area contributed by atoms with E-state index in [-0.39, 0.29) is 0 Å². The monoisotopic (exact) mass is 200 g/mol. The molecule has 0 aliphatic carbocycles. The van der Waals surface area contributed by atoms with Crippen molar-refractivity contribution in [3.8, 4) is 0 Å². The van der Waals surface area contributed by atoms with E-state index in [1.54, 1.807) is 0 Å². The molecule has 0 spiro atoms. The van der Waals surface area contributed by atoms with Crippen LogP contribution in [-0.4, -0.2) is 23.1 Å². The van der Waals surface area contributed by atoms with Crippen molar-refractivity contribution in [3.63, 3.8) is 0 Å². The molecule has 4 heterocycles. The smallest absolute Gasteiger partial charge is 0.225 e. The Morgan fingerprint density at radius 2 is 0.929 bits per heavy atom. The van der Waals surface area contributed by atoms with Crippen LogP contribution in [0.2, 0.25) is 0 Å². The van der Waals surface area contributed by atoms with Gasteiger partial charge in [-0.1, -0.05) is 0 Å². The zero-order chi connectivity index (χ0) is 10.2. The van der Waals surface area contributed by atoms with E-state index in [2.05, 4.69) is 0 Å². The first-order chi connectivity index (χ1) is 6.29. The minimum absolute atomic E-state index is 0.558. The summed E-state index contributed by atoms with van der Waals surface area (Å²) in [5.74, 6) is -2.66. The summed E-state index contributed by atoms with van der Waals surface area (Å²) in [6, 6.07) is 0. The van der Waals surface area contributed by atoms with Crippen molar-refractivity contribution >= 4 is 0 Å². The molecule has 0 radical (unpaired) electrons. The zero-order valence-corrected chi connectivity index (χ0v) is 9.05. The predicted octanol–water partition coefficient (Wildman–Crippen LogP) is 1.74. The number of rotatable bonds is 0. The highest BCUT2D eigenvalue weighted by atomic mass is 17.0. The van der Waals surface area contributed by atoms with Crippen LogP contribution in [0.25, 0.3) is 0 Å². The lowest BCUT2D eigenvalue weighted by molar-refractivity contribution is -0.291. The third-order valence-corrected chi connectivity index (χ3v) is 3.50. The van der Waals surface area contributed by atoms with Gasteiger partial charge in [0.15, 0.2) is 11.6 Å². The molecule has 0 N–H and O–H groups in total. The zero-order valence-electron chi connectivity index (χ0n) is 9.05. The van der Waals surface area contributed by atoms with Gasteiger partial charge in [-0.2, -0.15) is 0 Å². The van der Waals surface area contributed by atoms with E-state index in [1.807, 2.05) is 27.7 Å². The molecule has 4 aliphatic rings. The van der Waals surface area contributed by atoms with Crippen LogP contribution in [-0.2, 0) is 18.9 Å². The fourth-order valence-corrected chi connectivity index (χ4v) is 2.76. The number of ether oxygens (including phenoxy) is 4. The molecule has 0 saturated carbocycles. The largest absolute Gasteiger partial charge is 0.313 e. The number of fused-ring (bicyclic) bond motifs is 1. The van der Waals surface area contributed by atoms with Gasteiger partial charge >= 0.3 is 0 Å². The fourth-order valence-electron chi connectivity index (χ4n) is 2.76. The van der Waals surface area contributed by atoms with Crippen molar-refractivity contribution in [2.45, 2.75) is 63.7 Å².